The summed E-state index contributed by atoms with van der Waals surface area (Å²) in [5.41, 5.74) is 0.731. The fraction of sp³-hybridized carbons (Fsp3) is 0.588. The Morgan fingerprint density at radius 1 is 1.14 bits per heavy atom. The largest absolute Gasteiger partial charge is 0.301 e. The number of ketones is 1. The summed E-state index contributed by atoms with van der Waals surface area (Å²) in [5, 5.41) is 0.634. The lowest BCUT2D eigenvalue weighted by Gasteiger charge is -2.34. The number of carbonyl (C=O) groups excluding carboxylic acids is 1. The van der Waals surface area contributed by atoms with Crippen molar-refractivity contribution in [2.75, 3.05) is 39.3 Å². The molecule has 0 radical (unpaired) electrons. The van der Waals surface area contributed by atoms with Crippen molar-refractivity contribution in [3.8, 4) is 0 Å². The Labute approximate surface area is 131 Å². The Kier molecular flexibility index (Phi) is 4.94. The normalized spacial score (nSPS) is 20.6. The molecule has 2 fully saturated rings. The van der Waals surface area contributed by atoms with Crippen LogP contribution in [0.3, 0.4) is 0 Å². The van der Waals surface area contributed by atoms with Crippen LogP contribution in [0.1, 0.15) is 29.6 Å². The van der Waals surface area contributed by atoms with Crippen LogP contribution in [-0.4, -0.2) is 54.9 Å². The molecule has 114 valence electrons. The summed E-state index contributed by atoms with van der Waals surface area (Å²) in [7, 11) is 0. The van der Waals surface area contributed by atoms with Crippen molar-refractivity contribution < 1.29 is 4.79 Å². The van der Waals surface area contributed by atoms with Gasteiger partial charge in [0.15, 0.2) is 5.78 Å². The molecule has 1 aliphatic carbocycles. The molecule has 0 bridgehead atoms. The van der Waals surface area contributed by atoms with Crippen molar-refractivity contribution >= 4 is 17.4 Å². The summed E-state index contributed by atoms with van der Waals surface area (Å²) >= 11 is 5.93. The van der Waals surface area contributed by atoms with Gasteiger partial charge in [0, 0.05) is 56.3 Å². The second-order valence-corrected chi connectivity index (χ2v) is 6.71. The molecular weight excluding hydrogens is 284 g/mol. The number of carbonyl (C=O) groups is 1. The second kappa shape index (κ2) is 6.91. The van der Waals surface area contributed by atoms with E-state index >= 15 is 0 Å². The zero-order valence-corrected chi connectivity index (χ0v) is 13.2. The number of piperazine rings is 1. The molecule has 1 saturated carbocycles. The lowest BCUT2D eigenvalue weighted by Crippen LogP contribution is -2.47. The highest BCUT2D eigenvalue weighted by molar-refractivity contribution is 6.31. The lowest BCUT2D eigenvalue weighted by molar-refractivity contribution is 0.0924. The first-order valence-corrected chi connectivity index (χ1v) is 8.32. The van der Waals surface area contributed by atoms with E-state index in [1.165, 1.54) is 19.4 Å². The predicted octanol–water partition coefficient (Wildman–Crippen LogP) is 2.94. The van der Waals surface area contributed by atoms with Gasteiger partial charge in [-0.3, -0.25) is 4.79 Å². The third-order valence-electron chi connectivity index (χ3n) is 4.48. The molecule has 4 heteroatoms. The number of nitrogens with zero attached hydrogens (tertiary/aromatic N) is 2. The molecule has 21 heavy (non-hydrogen) atoms. The molecule has 3 nitrogen and oxygen atoms in total. The fourth-order valence-corrected chi connectivity index (χ4v) is 3.12. The number of benzene rings is 1. The van der Waals surface area contributed by atoms with E-state index in [0.29, 0.717) is 11.4 Å². The number of halogens is 1. The van der Waals surface area contributed by atoms with Gasteiger partial charge in [-0.05, 0) is 30.9 Å². The van der Waals surface area contributed by atoms with Crippen LogP contribution in [0.15, 0.2) is 24.3 Å². The van der Waals surface area contributed by atoms with E-state index < -0.39 is 0 Å². The van der Waals surface area contributed by atoms with Crippen LogP contribution < -0.4 is 0 Å². The van der Waals surface area contributed by atoms with E-state index in [0.717, 1.165) is 44.2 Å². The smallest absolute Gasteiger partial charge is 0.164 e. The monoisotopic (exact) mass is 306 g/mol. The Morgan fingerprint density at radius 3 is 2.52 bits per heavy atom. The average Bonchev–Trinajstić information content (AvgIpc) is 3.30. The van der Waals surface area contributed by atoms with Crippen LogP contribution in [0.2, 0.25) is 5.02 Å². The van der Waals surface area contributed by atoms with Crippen LogP contribution in [-0.2, 0) is 0 Å². The Bertz CT molecular complexity index is 493. The molecule has 1 aromatic carbocycles. The summed E-state index contributed by atoms with van der Waals surface area (Å²) in [4.78, 5) is 17.1. The van der Waals surface area contributed by atoms with Gasteiger partial charge < -0.3 is 9.80 Å². The summed E-state index contributed by atoms with van der Waals surface area (Å²) in [6, 6.07) is 7.25. The van der Waals surface area contributed by atoms with E-state index in [4.69, 9.17) is 11.6 Å². The van der Waals surface area contributed by atoms with Crippen LogP contribution in [0.25, 0.3) is 0 Å². The van der Waals surface area contributed by atoms with Crippen molar-refractivity contribution in [3.63, 3.8) is 0 Å². The zero-order chi connectivity index (χ0) is 14.7. The maximum atomic E-state index is 12.2. The number of Topliss-reactive ketones (excluding diaryl/α,β-unsaturated/α-hetero) is 1. The Balaban J connectivity index is 1.40. The second-order valence-electron chi connectivity index (χ2n) is 6.27. The van der Waals surface area contributed by atoms with E-state index in [9.17, 15) is 4.79 Å². The number of rotatable bonds is 6. The molecule has 1 aromatic rings. The van der Waals surface area contributed by atoms with Crippen LogP contribution in [0.4, 0.5) is 0 Å². The third-order valence-corrected chi connectivity index (χ3v) is 4.72. The molecule has 0 atom stereocenters. The molecule has 1 heterocycles. The quantitative estimate of drug-likeness (QED) is 0.755. The predicted molar refractivity (Wildman–Crippen MR) is 86.0 cm³/mol. The molecule has 3 rings (SSSR count). The van der Waals surface area contributed by atoms with Gasteiger partial charge in [-0.1, -0.05) is 23.7 Å². The molecule has 1 saturated heterocycles. The van der Waals surface area contributed by atoms with Gasteiger partial charge in [-0.25, -0.2) is 0 Å². The van der Waals surface area contributed by atoms with Gasteiger partial charge in [0.1, 0.15) is 0 Å². The molecule has 0 spiro atoms. The number of hydrogen-bond acceptors (Lipinski definition) is 3. The van der Waals surface area contributed by atoms with E-state index in [2.05, 4.69) is 9.80 Å². The molecule has 0 N–H and O–H groups in total. The lowest BCUT2D eigenvalue weighted by atomic mass is 10.1. The minimum atomic E-state index is 0.193. The molecule has 2 aliphatic rings. The SMILES string of the molecule is O=C(CCN1CCN(CC2CC2)CC1)c1cccc(Cl)c1. The summed E-state index contributed by atoms with van der Waals surface area (Å²) in [6.45, 7) is 6.65. The zero-order valence-electron chi connectivity index (χ0n) is 12.4. The van der Waals surface area contributed by atoms with Crippen molar-refractivity contribution in [3.05, 3.63) is 34.9 Å². The summed E-state index contributed by atoms with van der Waals surface area (Å²) in [6.07, 6.45) is 3.44. The summed E-state index contributed by atoms with van der Waals surface area (Å²) in [5.74, 6) is 1.17. The Hall–Kier alpha value is -0.900. The van der Waals surface area contributed by atoms with Gasteiger partial charge in [0.25, 0.3) is 0 Å². The molecule has 0 unspecified atom stereocenters. The van der Waals surface area contributed by atoms with Crippen LogP contribution in [0.5, 0.6) is 0 Å². The first-order chi connectivity index (χ1) is 10.2. The fourth-order valence-electron chi connectivity index (χ4n) is 2.93. The summed E-state index contributed by atoms with van der Waals surface area (Å²) < 4.78 is 0. The van der Waals surface area contributed by atoms with E-state index in [-0.39, 0.29) is 5.78 Å². The van der Waals surface area contributed by atoms with Gasteiger partial charge in [0.2, 0.25) is 0 Å². The first-order valence-electron chi connectivity index (χ1n) is 7.94. The topological polar surface area (TPSA) is 23.6 Å². The minimum Gasteiger partial charge on any atom is -0.301 e. The highest BCUT2D eigenvalue weighted by Gasteiger charge is 2.26. The first kappa shape index (κ1) is 15.0. The van der Waals surface area contributed by atoms with Crippen LogP contribution in [0, 0.1) is 5.92 Å². The average molecular weight is 307 g/mol. The van der Waals surface area contributed by atoms with Gasteiger partial charge in [0.05, 0.1) is 0 Å². The maximum Gasteiger partial charge on any atom is 0.164 e. The van der Waals surface area contributed by atoms with Crippen LogP contribution >= 0.6 is 11.6 Å². The van der Waals surface area contributed by atoms with Gasteiger partial charge in [-0.15, -0.1) is 0 Å². The number of hydrogen-bond donors (Lipinski definition) is 0. The molecule has 1 aliphatic heterocycles. The highest BCUT2D eigenvalue weighted by atomic mass is 35.5. The standard InChI is InChI=1S/C17H23ClN2O/c18-16-3-1-2-15(12-16)17(21)6-7-19-8-10-20(11-9-19)13-14-4-5-14/h1-3,12,14H,4-11,13H2. The van der Waals surface area contributed by atoms with Crippen molar-refractivity contribution in [2.45, 2.75) is 19.3 Å². The van der Waals surface area contributed by atoms with E-state index in [1.54, 1.807) is 12.1 Å². The van der Waals surface area contributed by atoms with Crippen molar-refractivity contribution in [1.29, 1.82) is 0 Å². The van der Waals surface area contributed by atoms with Gasteiger partial charge >= 0.3 is 0 Å². The maximum absolute atomic E-state index is 12.2. The van der Waals surface area contributed by atoms with Crippen molar-refractivity contribution in [2.24, 2.45) is 5.92 Å². The third kappa shape index (κ3) is 4.53. The highest BCUT2D eigenvalue weighted by Crippen LogP contribution is 2.29. The Morgan fingerprint density at radius 2 is 1.86 bits per heavy atom. The van der Waals surface area contributed by atoms with Crippen molar-refractivity contribution in [1.82, 2.24) is 9.80 Å². The van der Waals surface area contributed by atoms with E-state index in [1.807, 2.05) is 12.1 Å². The molecule has 0 aromatic heterocycles. The molecule has 0 amide bonds. The van der Waals surface area contributed by atoms with Gasteiger partial charge in [-0.2, -0.15) is 0 Å². The minimum absolute atomic E-state index is 0.193. The molecular formula is C17H23ClN2O.